The molecule has 0 fully saturated rings. The fourth-order valence-corrected chi connectivity index (χ4v) is 3.22. The van der Waals surface area contributed by atoms with Gasteiger partial charge < -0.3 is 9.47 Å². The third kappa shape index (κ3) is 9.06. The van der Waals surface area contributed by atoms with Crippen molar-refractivity contribution in [3.8, 4) is 5.75 Å². The summed E-state index contributed by atoms with van der Waals surface area (Å²) in [5.74, 6) is 0.755. The van der Waals surface area contributed by atoms with E-state index in [2.05, 4.69) is 10.5 Å². The van der Waals surface area contributed by atoms with Crippen LogP contribution in [0.2, 0.25) is 0 Å². The van der Waals surface area contributed by atoms with Gasteiger partial charge in [0.15, 0.2) is 6.61 Å². The molecule has 1 N–H and O–H groups in total. The number of hydrogen-bond donors (Lipinski definition) is 1. The van der Waals surface area contributed by atoms with Crippen LogP contribution < -0.4 is 10.2 Å². The van der Waals surface area contributed by atoms with Crippen molar-refractivity contribution in [2.45, 2.75) is 17.1 Å². The van der Waals surface area contributed by atoms with Crippen molar-refractivity contribution >= 4 is 41.6 Å². The largest absolute Gasteiger partial charge is 0.482 e. The van der Waals surface area contributed by atoms with E-state index in [4.69, 9.17) is 9.47 Å². The van der Waals surface area contributed by atoms with E-state index in [9.17, 15) is 9.59 Å². The Morgan fingerprint density at radius 2 is 1.86 bits per heavy atom. The summed E-state index contributed by atoms with van der Waals surface area (Å²) in [6.07, 6.45) is 3.50. The van der Waals surface area contributed by atoms with E-state index in [0.29, 0.717) is 12.4 Å². The summed E-state index contributed by atoms with van der Waals surface area (Å²) in [7, 11) is 0. The minimum absolute atomic E-state index is 0.130. The van der Waals surface area contributed by atoms with Crippen LogP contribution in [0, 0.1) is 0 Å². The van der Waals surface area contributed by atoms with Crippen LogP contribution in [-0.4, -0.2) is 48.6 Å². The second-order valence-electron chi connectivity index (χ2n) is 5.88. The number of amides is 1. The van der Waals surface area contributed by atoms with Crippen LogP contribution in [0.3, 0.4) is 0 Å². The Morgan fingerprint density at radius 3 is 2.55 bits per heavy atom. The average Bonchev–Trinajstić information content (AvgIpc) is 2.74. The summed E-state index contributed by atoms with van der Waals surface area (Å²) < 4.78 is 10.4. The molecule has 8 heteroatoms. The number of nitrogens with zero attached hydrogens (tertiary/aromatic N) is 1. The first kappa shape index (κ1) is 22.8. The number of carbonyl (C=O) groups excluding carboxylic acids is 2. The van der Waals surface area contributed by atoms with Gasteiger partial charge in [-0.05, 0) is 55.1 Å². The van der Waals surface area contributed by atoms with Crippen molar-refractivity contribution in [2.24, 2.45) is 5.10 Å². The summed E-state index contributed by atoms with van der Waals surface area (Å²) in [6.45, 7) is 2.09. The maximum absolute atomic E-state index is 12.1. The van der Waals surface area contributed by atoms with E-state index in [0.717, 1.165) is 16.2 Å². The molecule has 0 unspecified atom stereocenters. The van der Waals surface area contributed by atoms with Crippen molar-refractivity contribution in [1.82, 2.24) is 5.43 Å². The summed E-state index contributed by atoms with van der Waals surface area (Å²) in [4.78, 5) is 24.7. The second kappa shape index (κ2) is 12.9. The molecule has 0 bridgehead atoms. The van der Waals surface area contributed by atoms with Gasteiger partial charge in [-0.15, -0.1) is 11.8 Å². The smallest absolute Gasteiger partial charge is 0.344 e. The van der Waals surface area contributed by atoms with E-state index in [-0.39, 0.29) is 17.8 Å². The second-order valence-corrected chi connectivity index (χ2v) is 8.28. The van der Waals surface area contributed by atoms with Gasteiger partial charge in [0.25, 0.3) is 5.91 Å². The number of carbonyl (C=O) groups is 2. The van der Waals surface area contributed by atoms with E-state index >= 15 is 0 Å². The fraction of sp³-hybridized carbons (Fsp3) is 0.286. The number of hydrazone groups is 1. The van der Waals surface area contributed by atoms with Crippen molar-refractivity contribution in [1.29, 1.82) is 0 Å². The number of rotatable bonds is 11. The minimum Gasteiger partial charge on any atom is -0.482 e. The molecule has 0 aliphatic heterocycles. The van der Waals surface area contributed by atoms with Crippen molar-refractivity contribution in [3.05, 3.63) is 60.2 Å². The molecule has 6 nitrogen and oxygen atoms in total. The summed E-state index contributed by atoms with van der Waals surface area (Å²) in [6, 6.07) is 16.8. The molecule has 0 heterocycles. The molecule has 154 valence electrons. The Balaban J connectivity index is 1.73. The van der Waals surface area contributed by atoms with Gasteiger partial charge in [0.05, 0.1) is 11.5 Å². The molecule has 0 radical (unpaired) electrons. The first-order valence-corrected chi connectivity index (χ1v) is 11.3. The highest BCUT2D eigenvalue weighted by Crippen LogP contribution is 2.22. The van der Waals surface area contributed by atoms with Gasteiger partial charge in [0.2, 0.25) is 0 Å². The quantitative estimate of drug-likeness (QED) is 0.192. The lowest BCUT2D eigenvalue weighted by atomic mass is 10.2. The van der Waals surface area contributed by atoms with E-state index in [1.165, 1.54) is 11.8 Å². The molecular formula is C21H24N2O4S2. The van der Waals surface area contributed by atoms with Crippen molar-refractivity contribution in [3.63, 3.8) is 0 Å². The van der Waals surface area contributed by atoms with E-state index in [1.807, 2.05) is 43.5 Å². The Morgan fingerprint density at radius 1 is 1.14 bits per heavy atom. The molecule has 2 aromatic rings. The number of esters is 1. The van der Waals surface area contributed by atoms with Crippen LogP contribution in [0.1, 0.15) is 12.5 Å². The molecule has 0 saturated carbocycles. The van der Waals surface area contributed by atoms with Crippen molar-refractivity contribution < 1.29 is 19.1 Å². The van der Waals surface area contributed by atoms with Crippen molar-refractivity contribution in [2.75, 3.05) is 25.2 Å². The number of nitrogens with one attached hydrogen (secondary N) is 1. The molecule has 0 aromatic heterocycles. The third-order valence-corrected chi connectivity index (χ3v) is 5.29. The minimum atomic E-state index is -0.394. The molecule has 0 aliphatic carbocycles. The summed E-state index contributed by atoms with van der Waals surface area (Å²) in [5, 5.41) is 3.73. The predicted molar refractivity (Wildman–Crippen MR) is 119 cm³/mol. The summed E-state index contributed by atoms with van der Waals surface area (Å²) in [5.41, 5.74) is 3.34. The van der Waals surface area contributed by atoms with Crippen LogP contribution in [0.25, 0.3) is 0 Å². The molecule has 0 aliphatic rings. The Hall–Kier alpha value is -2.45. The first-order chi connectivity index (χ1) is 14.1. The number of thioether (sulfide) groups is 2. The Kier molecular flexibility index (Phi) is 10.2. The normalized spacial score (nSPS) is 11.8. The van der Waals surface area contributed by atoms with Gasteiger partial charge in [-0.25, -0.2) is 10.2 Å². The van der Waals surface area contributed by atoms with Crippen LogP contribution in [0.5, 0.6) is 5.75 Å². The zero-order valence-electron chi connectivity index (χ0n) is 16.4. The number of ether oxygens (including phenoxy) is 2. The monoisotopic (exact) mass is 432 g/mol. The average molecular weight is 433 g/mol. The van der Waals surface area contributed by atoms with Gasteiger partial charge in [0.1, 0.15) is 12.4 Å². The lowest BCUT2D eigenvalue weighted by Crippen LogP contribution is -2.26. The lowest BCUT2D eigenvalue weighted by Gasteiger charge is -2.09. The Bertz CT molecular complexity index is 798. The predicted octanol–water partition coefficient (Wildman–Crippen LogP) is 3.60. The molecule has 0 saturated heterocycles. The van der Waals surface area contributed by atoms with Crippen LogP contribution >= 0.6 is 23.5 Å². The zero-order valence-corrected chi connectivity index (χ0v) is 18.0. The van der Waals surface area contributed by atoms with Gasteiger partial charge in [-0.3, -0.25) is 4.79 Å². The Labute approximate surface area is 179 Å². The number of benzene rings is 2. The van der Waals surface area contributed by atoms with Gasteiger partial charge in [0, 0.05) is 10.6 Å². The summed E-state index contributed by atoms with van der Waals surface area (Å²) >= 11 is 3.08. The maximum Gasteiger partial charge on any atom is 0.344 e. The molecule has 1 amide bonds. The standard InChI is InChI=1S/C21H24N2O4S2/c1-16(29-19-6-4-3-5-7-19)21(25)23-22-14-17-8-10-18(11-9-17)27-15-20(24)26-12-13-28-2/h3-11,14,16H,12-13,15H2,1-2H3,(H,23,25)/b22-14-/t16-/m1/s1. The maximum atomic E-state index is 12.1. The van der Waals surface area contributed by atoms with Gasteiger partial charge in [-0.1, -0.05) is 18.2 Å². The molecule has 2 rings (SSSR count). The highest BCUT2D eigenvalue weighted by molar-refractivity contribution is 8.00. The molecule has 29 heavy (non-hydrogen) atoms. The van der Waals surface area contributed by atoms with E-state index in [1.54, 1.807) is 42.2 Å². The van der Waals surface area contributed by atoms with Crippen LogP contribution in [0.15, 0.2) is 64.6 Å². The fourth-order valence-electron chi connectivity index (χ4n) is 2.09. The number of hydrogen-bond acceptors (Lipinski definition) is 7. The SMILES string of the molecule is CSCCOC(=O)COc1ccc(/C=N\NC(=O)[C@@H](C)Sc2ccccc2)cc1. The lowest BCUT2D eigenvalue weighted by molar-refractivity contribution is -0.145. The highest BCUT2D eigenvalue weighted by Gasteiger charge is 2.13. The molecule has 0 spiro atoms. The van der Waals surface area contributed by atoms with Gasteiger partial charge in [-0.2, -0.15) is 16.9 Å². The molecular weight excluding hydrogens is 408 g/mol. The molecule has 1 atom stereocenters. The van der Waals surface area contributed by atoms with Gasteiger partial charge >= 0.3 is 5.97 Å². The topological polar surface area (TPSA) is 77.0 Å². The first-order valence-electron chi connectivity index (χ1n) is 9.00. The highest BCUT2D eigenvalue weighted by atomic mass is 32.2. The van der Waals surface area contributed by atoms with Crippen LogP contribution in [-0.2, 0) is 14.3 Å². The zero-order chi connectivity index (χ0) is 20.9. The third-order valence-electron chi connectivity index (χ3n) is 3.60. The van der Waals surface area contributed by atoms with Crippen LogP contribution in [0.4, 0.5) is 0 Å². The molecule has 2 aromatic carbocycles. The van der Waals surface area contributed by atoms with E-state index < -0.39 is 5.97 Å².